The van der Waals surface area contributed by atoms with Crippen molar-refractivity contribution in [3.8, 4) is 33.4 Å². The summed E-state index contributed by atoms with van der Waals surface area (Å²) in [6.07, 6.45) is 0. The van der Waals surface area contributed by atoms with Gasteiger partial charge in [0.1, 0.15) is 0 Å². The van der Waals surface area contributed by atoms with Gasteiger partial charge < -0.3 is 4.90 Å². The van der Waals surface area contributed by atoms with E-state index in [1.807, 2.05) is 11.3 Å². The van der Waals surface area contributed by atoms with Gasteiger partial charge in [-0.15, -0.1) is 11.3 Å². The molecule has 1 heterocycles. The first kappa shape index (κ1) is 35.4. The fraction of sp³-hybridized carbons (Fsp3) is 0.0169. The largest absolute Gasteiger partial charge is 0.310 e. The molecule has 1 aliphatic carbocycles. The molecule has 0 fully saturated rings. The molecule has 61 heavy (non-hydrogen) atoms. The number of hydrogen-bond donors (Lipinski definition) is 0. The van der Waals surface area contributed by atoms with E-state index in [9.17, 15) is 0 Å². The van der Waals surface area contributed by atoms with Crippen molar-refractivity contribution in [2.45, 2.75) is 5.41 Å². The summed E-state index contributed by atoms with van der Waals surface area (Å²) in [5.74, 6) is 0. The Morgan fingerprint density at radius 2 is 0.934 bits per heavy atom. The van der Waals surface area contributed by atoms with E-state index in [-0.39, 0.29) is 0 Å². The average molecular weight is 794 g/mol. The molecule has 0 unspecified atom stereocenters. The van der Waals surface area contributed by atoms with E-state index < -0.39 is 5.41 Å². The third-order valence-corrected chi connectivity index (χ3v) is 13.9. The molecule has 286 valence electrons. The molecule has 0 radical (unpaired) electrons. The number of nitrogens with zero attached hydrogens (tertiary/aromatic N) is 1. The van der Waals surface area contributed by atoms with Crippen molar-refractivity contribution in [3.05, 3.63) is 259 Å². The lowest BCUT2D eigenvalue weighted by Gasteiger charge is -2.34. The molecule has 1 aliphatic rings. The van der Waals surface area contributed by atoms with Crippen LogP contribution in [0.2, 0.25) is 0 Å². The molecule has 0 N–H and O–H groups in total. The van der Waals surface area contributed by atoms with E-state index in [0.717, 1.165) is 17.1 Å². The Balaban J connectivity index is 1.05. The molecule has 0 saturated heterocycles. The predicted molar refractivity (Wildman–Crippen MR) is 260 cm³/mol. The van der Waals surface area contributed by atoms with Gasteiger partial charge in [-0.25, -0.2) is 0 Å². The molecular weight excluding hydrogens is 755 g/mol. The Morgan fingerprint density at radius 1 is 0.344 bits per heavy atom. The predicted octanol–water partition coefficient (Wildman–Crippen LogP) is 16.4. The highest BCUT2D eigenvalue weighted by atomic mass is 32.1. The Bertz CT molecular complexity index is 3380. The topological polar surface area (TPSA) is 3.24 Å². The summed E-state index contributed by atoms with van der Waals surface area (Å²) in [4.78, 5) is 2.49. The van der Waals surface area contributed by atoms with Crippen molar-refractivity contribution < 1.29 is 0 Å². The van der Waals surface area contributed by atoms with Gasteiger partial charge in [-0.1, -0.05) is 188 Å². The summed E-state index contributed by atoms with van der Waals surface area (Å²) >= 11 is 1.86. The molecule has 0 spiro atoms. The Morgan fingerprint density at radius 3 is 1.74 bits per heavy atom. The molecular formula is C59H39NS. The molecule has 2 heteroatoms. The number of hydrogen-bond acceptors (Lipinski definition) is 2. The summed E-state index contributed by atoms with van der Waals surface area (Å²) in [5.41, 5.74) is 15.4. The van der Waals surface area contributed by atoms with Crippen LogP contribution in [-0.4, -0.2) is 0 Å². The Kier molecular flexibility index (Phi) is 8.33. The zero-order valence-corrected chi connectivity index (χ0v) is 34.2. The summed E-state index contributed by atoms with van der Waals surface area (Å²) in [7, 11) is 0. The quantitative estimate of drug-likeness (QED) is 0.155. The van der Waals surface area contributed by atoms with Gasteiger partial charge in [0.25, 0.3) is 0 Å². The lowest BCUT2D eigenvalue weighted by atomic mass is 9.68. The average Bonchev–Trinajstić information content (AvgIpc) is 3.86. The highest BCUT2D eigenvalue weighted by Crippen LogP contribution is 2.59. The highest BCUT2D eigenvalue weighted by molar-refractivity contribution is 7.25. The zero-order valence-electron chi connectivity index (χ0n) is 33.4. The maximum Gasteiger partial charge on any atom is 0.0714 e. The van der Waals surface area contributed by atoms with E-state index in [4.69, 9.17) is 0 Å². The summed E-state index contributed by atoms with van der Waals surface area (Å²) in [5, 5.41) is 5.11. The minimum absolute atomic E-state index is 0.495. The lowest BCUT2D eigenvalue weighted by molar-refractivity contribution is 0.768. The highest BCUT2D eigenvalue weighted by Gasteiger charge is 2.47. The van der Waals surface area contributed by atoms with Crippen LogP contribution in [-0.2, 0) is 5.41 Å². The van der Waals surface area contributed by atoms with Gasteiger partial charge in [0.05, 0.1) is 11.1 Å². The number of fused-ring (bicyclic) bond motifs is 7. The van der Waals surface area contributed by atoms with Crippen LogP contribution in [0.15, 0.2) is 237 Å². The van der Waals surface area contributed by atoms with E-state index >= 15 is 0 Å². The maximum atomic E-state index is 2.49. The fourth-order valence-electron chi connectivity index (χ4n) is 9.99. The number of anilines is 3. The van der Waals surface area contributed by atoms with Crippen LogP contribution in [0.3, 0.4) is 0 Å². The number of benzene rings is 10. The van der Waals surface area contributed by atoms with Crippen LogP contribution in [0.1, 0.15) is 22.3 Å². The van der Waals surface area contributed by atoms with Crippen molar-refractivity contribution in [1.29, 1.82) is 0 Å². The summed E-state index contributed by atoms with van der Waals surface area (Å²) in [6.45, 7) is 0. The second-order valence-electron chi connectivity index (χ2n) is 16.0. The Hall–Kier alpha value is -7.52. The van der Waals surface area contributed by atoms with Gasteiger partial charge in [0, 0.05) is 37.1 Å². The first-order valence-electron chi connectivity index (χ1n) is 21.0. The van der Waals surface area contributed by atoms with Gasteiger partial charge >= 0.3 is 0 Å². The van der Waals surface area contributed by atoms with Crippen molar-refractivity contribution in [1.82, 2.24) is 0 Å². The van der Waals surface area contributed by atoms with Crippen molar-refractivity contribution in [3.63, 3.8) is 0 Å². The molecule has 0 atom stereocenters. The van der Waals surface area contributed by atoms with Crippen molar-refractivity contribution in [2.24, 2.45) is 0 Å². The van der Waals surface area contributed by atoms with E-state index in [0.29, 0.717) is 0 Å². The van der Waals surface area contributed by atoms with Crippen LogP contribution in [0.5, 0.6) is 0 Å². The van der Waals surface area contributed by atoms with E-state index in [1.54, 1.807) is 0 Å². The van der Waals surface area contributed by atoms with Crippen molar-refractivity contribution >= 4 is 59.3 Å². The molecule has 0 bridgehead atoms. The van der Waals surface area contributed by atoms with Gasteiger partial charge in [-0.05, 0) is 109 Å². The molecule has 11 aromatic rings. The monoisotopic (exact) mass is 793 g/mol. The minimum atomic E-state index is -0.495. The molecule has 1 aromatic heterocycles. The summed E-state index contributed by atoms with van der Waals surface area (Å²) in [6, 6.07) is 87.3. The summed E-state index contributed by atoms with van der Waals surface area (Å²) < 4.78 is 2.59. The smallest absolute Gasteiger partial charge is 0.0714 e. The maximum absolute atomic E-state index is 2.49. The van der Waals surface area contributed by atoms with Gasteiger partial charge in [-0.2, -0.15) is 0 Å². The third kappa shape index (κ3) is 5.68. The number of rotatable bonds is 7. The molecule has 1 nitrogen and oxygen atoms in total. The third-order valence-electron chi connectivity index (χ3n) is 12.7. The SMILES string of the molecule is c1ccc(C2(c3ccccc3)c3ccccc3-c3c(N(c4ccc(-c5cccc(-c6ccc7ccccc7c6)c5)cc4)c4ccc5c(c4)sc4ccccc45)cccc32)cc1. The first-order chi connectivity index (χ1) is 30.2. The minimum Gasteiger partial charge on any atom is -0.310 e. The molecule has 0 saturated carbocycles. The van der Waals surface area contributed by atoms with Crippen LogP contribution >= 0.6 is 11.3 Å². The van der Waals surface area contributed by atoms with E-state index in [1.165, 1.54) is 86.6 Å². The second kappa shape index (κ2) is 14.3. The normalized spacial score (nSPS) is 12.7. The standard InChI is InChI=1S/C59H39NS/c1-3-19-46(20-4-1)59(47-21-5-2-6-22-47)53-25-11-9-24-52(53)58-54(59)26-14-27-55(58)60(49-35-36-51-50-23-10-12-28-56(50)61-57(51)39-49)48-33-31-41(32-34-48)43-17-13-18-44(37-43)45-30-29-40-15-7-8-16-42(40)38-45/h1-39H. The number of thiophene rings is 1. The first-order valence-corrected chi connectivity index (χ1v) is 21.8. The fourth-order valence-corrected chi connectivity index (χ4v) is 11.1. The van der Waals surface area contributed by atoms with Crippen LogP contribution in [0, 0.1) is 0 Å². The zero-order chi connectivity index (χ0) is 40.3. The van der Waals surface area contributed by atoms with Gasteiger partial charge in [0.15, 0.2) is 0 Å². The van der Waals surface area contributed by atoms with Crippen LogP contribution in [0.25, 0.3) is 64.3 Å². The van der Waals surface area contributed by atoms with E-state index in [2.05, 4.69) is 241 Å². The second-order valence-corrected chi connectivity index (χ2v) is 17.1. The van der Waals surface area contributed by atoms with Crippen LogP contribution in [0.4, 0.5) is 17.1 Å². The molecule has 0 amide bonds. The molecule has 10 aromatic carbocycles. The van der Waals surface area contributed by atoms with Gasteiger partial charge in [-0.3, -0.25) is 0 Å². The van der Waals surface area contributed by atoms with Gasteiger partial charge in [0.2, 0.25) is 0 Å². The Labute approximate surface area is 360 Å². The molecule has 0 aliphatic heterocycles. The molecule has 12 rings (SSSR count). The van der Waals surface area contributed by atoms with Crippen LogP contribution < -0.4 is 4.90 Å². The lowest BCUT2D eigenvalue weighted by Crippen LogP contribution is -2.28. The van der Waals surface area contributed by atoms with Crippen molar-refractivity contribution in [2.75, 3.05) is 4.90 Å².